The first-order valence-corrected chi connectivity index (χ1v) is 10.3. The Labute approximate surface area is 182 Å². The number of pyridine rings is 1. The number of H-pyrrole nitrogens is 1. The topological polar surface area (TPSA) is 87.3 Å². The van der Waals surface area contributed by atoms with Gasteiger partial charge < -0.3 is 4.98 Å². The lowest BCUT2D eigenvalue weighted by molar-refractivity contribution is 0.0642. The second kappa shape index (κ2) is 6.59. The highest BCUT2D eigenvalue weighted by Gasteiger charge is 2.35. The van der Waals surface area contributed by atoms with E-state index in [1.165, 1.54) is 4.90 Å². The predicted octanol–water partition coefficient (Wildman–Crippen LogP) is 3.46. The van der Waals surface area contributed by atoms with Gasteiger partial charge in [-0.05, 0) is 41.5 Å². The quantitative estimate of drug-likeness (QED) is 0.443. The number of hydrogen-bond acceptors (Lipinski definition) is 4. The Kier molecular flexibility index (Phi) is 3.80. The number of imide groups is 1. The first kappa shape index (κ1) is 18.4. The smallest absolute Gasteiger partial charge is 0.261 e. The summed E-state index contributed by atoms with van der Waals surface area (Å²) >= 11 is 0. The Morgan fingerprint density at radius 2 is 1.47 bits per heavy atom. The minimum absolute atomic E-state index is 0.0774. The van der Waals surface area contributed by atoms with Gasteiger partial charge in [-0.2, -0.15) is 0 Å². The highest BCUT2D eigenvalue weighted by molar-refractivity contribution is 6.21. The standard InChI is InChI=1S/C26H16N2O4/c29-23-18-7-3-4-8-21(18)27-22-20(23)12-15-10-9-14(11-19(15)24(22)30)13-28-25(31)16-5-1-2-6-17(16)26(28)32/h1-11H,12-13H2,(H,27,29). The number of benzene rings is 3. The molecule has 3 aromatic carbocycles. The van der Waals surface area contributed by atoms with Crippen molar-refractivity contribution in [2.45, 2.75) is 13.0 Å². The van der Waals surface area contributed by atoms with Crippen LogP contribution in [0.15, 0.2) is 71.5 Å². The molecule has 6 heteroatoms. The van der Waals surface area contributed by atoms with Gasteiger partial charge in [0.1, 0.15) is 0 Å². The van der Waals surface area contributed by atoms with Gasteiger partial charge >= 0.3 is 0 Å². The Bertz CT molecular complexity index is 1530. The molecular formula is C26H16N2O4. The minimum Gasteiger partial charge on any atom is -0.351 e. The van der Waals surface area contributed by atoms with E-state index in [0.717, 1.165) is 5.56 Å². The number of nitrogens with zero attached hydrogens (tertiary/aromatic N) is 1. The molecular weight excluding hydrogens is 404 g/mol. The second-order valence-electron chi connectivity index (χ2n) is 8.09. The average Bonchev–Trinajstić information content (AvgIpc) is 3.06. The van der Waals surface area contributed by atoms with Crippen LogP contribution in [0.1, 0.15) is 53.5 Å². The van der Waals surface area contributed by atoms with E-state index >= 15 is 0 Å². The molecule has 6 rings (SSSR count). The van der Waals surface area contributed by atoms with E-state index in [0.29, 0.717) is 50.8 Å². The molecule has 4 aromatic rings. The van der Waals surface area contributed by atoms with Crippen LogP contribution in [0.25, 0.3) is 10.9 Å². The maximum atomic E-state index is 13.3. The largest absolute Gasteiger partial charge is 0.351 e. The van der Waals surface area contributed by atoms with Crippen molar-refractivity contribution < 1.29 is 14.4 Å². The molecule has 32 heavy (non-hydrogen) atoms. The number of rotatable bonds is 2. The van der Waals surface area contributed by atoms with Crippen molar-refractivity contribution in [3.8, 4) is 0 Å². The number of ketones is 1. The van der Waals surface area contributed by atoms with E-state index < -0.39 is 0 Å². The fraction of sp³-hybridized carbons (Fsp3) is 0.0769. The summed E-state index contributed by atoms with van der Waals surface area (Å²) in [5, 5.41) is 0.560. The average molecular weight is 420 g/mol. The molecule has 0 spiro atoms. The van der Waals surface area contributed by atoms with Crippen LogP contribution in [0.5, 0.6) is 0 Å². The summed E-state index contributed by atoms with van der Waals surface area (Å²) in [5.41, 5.74) is 3.96. The molecule has 0 fully saturated rings. The van der Waals surface area contributed by atoms with E-state index in [4.69, 9.17) is 0 Å². The number of nitrogens with one attached hydrogen (secondary N) is 1. The highest BCUT2D eigenvalue weighted by atomic mass is 16.2. The summed E-state index contributed by atoms with van der Waals surface area (Å²) in [6.07, 6.45) is 0.351. The van der Waals surface area contributed by atoms with Crippen LogP contribution >= 0.6 is 0 Å². The number of hydrogen-bond donors (Lipinski definition) is 1. The monoisotopic (exact) mass is 420 g/mol. The molecule has 0 atom stereocenters. The number of carbonyl (C=O) groups is 3. The number of aromatic amines is 1. The second-order valence-corrected chi connectivity index (χ2v) is 8.09. The number of fused-ring (bicyclic) bond motifs is 4. The molecule has 0 bridgehead atoms. The Balaban J connectivity index is 1.38. The summed E-state index contributed by atoms with van der Waals surface area (Å²) in [4.78, 5) is 55.9. The van der Waals surface area contributed by atoms with Crippen LogP contribution in [0, 0.1) is 0 Å². The lowest BCUT2D eigenvalue weighted by Gasteiger charge is -2.20. The fourth-order valence-electron chi connectivity index (χ4n) is 4.62. The third-order valence-corrected chi connectivity index (χ3v) is 6.24. The first-order chi connectivity index (χ1) is 15.5. The molecule has 6 nitrogen and oxygen atoms in total. The lowest BCUT2D eigenvalue weighted by Crippen LogP contribution is -2.29. The summed E-state index contributed by atoms with van der Waals surface area (Å²) in [5.74, 6) is -0.931. The van der Waals surface area contributed by atoms with Crippen LogP contribution < -0.4 is 5.43 Å². The molecule has 2 heterocycles. The lowest BCUT2D eigenvalue weighted by atomic mass is 9.86. The third kappa shape index (κ3) is 2.53. The van der Waals surface area contributed by atoms with Gasteiger partial charge in [0.05, 0.1) is 23.4 Å². The van der Waals surface area contributed by atoms with Gasteiger partial charge in [-0.3, -0.25) is 24.1 Å². The number of para-hydroxylation sites is 1. The van der Waals surface area contributed by atoms with Crippen LogP contribution in [0.2, 0.25) is 0 Å². The summed E-state index contributed by atoms with van der Waals surface area (Å²) in [6, 6.07) is 19.2. The molecule has 2 amide bonds. The maximum Gasteiger partial charge on any atom is 0.261 e. The van der Waals surface area contributed by atoms with E-state index in [-0.39, 0.29) is 29.6 Å². The Morgan fingerprint density at radius 3 is 2.22 bits per heavy atom. The molecule has 1 aliphatic carbocycles. The molecule has 1 N–H and O–H groups in total. The van der Waals surface area contributed by atoms with Crippen LogP contribution in [-0.2, 0) is 13.0 Å². The van der Waals surface area contributed by atoms with Gasteiger partial charge in [-0.1, -0.05) is 36.4 Å². The molecule has 1 aliphatic heterocycles. The van der Waals surface area contributed by atoms with Gasteiger partial charge in [-0.25, -0.2) is 0 Å². The molecule has 1 aromatic heterocycles. The normalized spacial score (nSPS) is 14.5. The van der Waals surface area contributed by atoms with Crippen molar-refractivity contribution in [3.05, 3.63) is 116 Å². The summed E-state index contributed by atoms with van der Waals surface area (Å²) in [6.45, 7) is 0.0774. The third-order valence-electron chi connectivity index (χ3n) is 6.24. The van der Waals surface area contributed by atoms with Gasteiger partial charge in [0.2, 0.25) is 5.78 Å². The Morgan fingerprint density at radius 1 is 0.781 bits per heavy atom. The number of aromatic nitrogens is 1. The minimum atomic E-state index is -0.337. The van der Waals surface area contributed by atoms with Crippen molar-refractivity contribution in [2.24, 2.45) is 0 Å². The fourth-order valence-corrected chi connectivity index (χ4v) is 4.62. The molecule has 0 unspecified atom stereocenters. The zero-order chi connectivity index (χ0) is 22.0. The zero-order valence-electron chi connectivity index (χ0n) is 16.8. The van der Waals surface area contributed by atoms with E-state index in [9.17, 15) is 19.2 Å². The summed E-state index contributed by atoms with van der Waals surface area (Å²) < 4.78 is 0. The van der Waals surface area contributed by atoms with Crippen molar-refractivity contribution in [1.29, 1.82) is 0 Å². The molecule has 0 radical (unpaired) electrons. The van der Waals surface area contributed by atoms with E-state index in [1.54, 1.807) is 60.7 Å². The molecule has 154 valence electrons. The van der Waals surface area contributed by atoms with Gasteiger partial charge in [0, 0.05) is 28.5 Å². The van der Waals surface area contributed by atoms with E-state index in [1.807, 2.05) is 6.07 Å². The van der Waals surface area contributed by atoms with Crippen LogP contribution in [0.3, 0.4) is 0 Å². The summed E-state index contributed by atoms with van der Waals surface area (Å²) in [7, 11) is 0. The van der Waals surface area contributed by atoms with E-state index in [2.05, 4.69) is 4.98 Å². The van der Waals surface area contributed by atoms with Crippen LogP contribution in [-0.4, -0.2) is 27.5 Å². The maximum absolute atomic E-state index is 13.3. The van der Waals surface area contributed by atoms with Gasteiger partial charge in [0.15, 0.2) is 5.43 Å². The molecule has 2 aliphatic rings. The zero-order valence-corrected chi connectivity index (χ0v) is 16.8. The molecule has 0 saturated carbocycles. The van der Waals surface area contributed by atoms with Crippen molar-refractivity contribution >= 4 is 28.5 Å². The van der Waals surface area contributed by atoms with Crippen LogP contribution in [0.4, 0.5) is 0 Å². The molecule has 0 saturated heterocycles. The number of carbonyl (C=O) groups excluding carboxylic acids is 3. The highest BCUT2D eigenvalue weighted by Crippen LogP contribution is 2.29. The first-order valence-electron chi connectivity index (χ1n) is 10.3. The SMILES string of the molecule is O=C1c2cc(CN3C(=O)c4ccccc4C3=O)ccc2Cc2c1[nH]c1ccccc1c2=O. The van der Waals surface area contributed by atoms with Crippen molar-refractivity contribution in [2.75, 3.05) is 0 Å². The predicted molar refractivity (Wildman–Crippen MR) is 118 cm³/mol. The van der Waals surface area contributed by atoms with Crippen molar-refractivity contribution in [3.63, 3.8) is 0 Å². The number of amides is 2. The van der Waals surface area contributed by atoms with Crippen molar-refractivity contribution in [1.82, 2.24) is 9.88 Å². The van der Waals surface area contributed by atoms with Gasteiger partial charge in [-0.15, -0.1) is 0 Å². The van der Waals surface area contributed by atoms with Gasteiger partial charge in [0.25, 0.3) is 11.8 Å². The Hall–Kier alpha value is -4.32.